The van der Waals surface area contributed by atoms with Crippen molar-refractivity contribution in [2.24, 2.45) is 11.7 Å². The summed E-state index contributed by atoms with van der Waals surface area (Å²) in [6.45, 7) is 4.80. The predicted molar refractivity (Wildman–Crippen MR) is 112 cm³/mol. The molecule has 1 atom stereocenters. The van der Waals surface area contributed by atoms with Gasteiger partial charge in [0.05, 0.1) is 11.7 Å². The molecule has 0 bridgehead atoms. The highest BCUT2D eigenvalue weighted by atomic mass is 35.5. The standard InChI is InChI=1S/C20H25N3O2.2ClH/c1-14-6-9-18(11-22-14)25-12-15-4-3-5-16(10-15)19(24)23-20(2,13-21)17-7-8-17;;/h3-6,9-11,17H,7-8,12-13,21H2,1-2H3,(H,23,24);2*1H. The number of amides is 1. The molecule has 1 unspecified atom stereocenters. The lowest BCUT2D eigenvalue weighted by Crippen LogP contribution is -2.53. The summed E-state index contributed by atoms with van der Waals surface area (Å²) in [5.41, 5.74) is 8.08. The Hall–Kier alpha value is -1.82. The molecule has 1 aromatic heterocycles. The van der Waals surface area contributed by atoms with E-state index in [0.717, 1.165) is 24.1 Å². The molecule has 0 radical (unpaired) electrons. The second kappa shape index (κ2) is 9.93. The van der Waals surface area contributed by atoms with Crippen molar-refractivity contribution in [3.05, 3.63) is 59.4 Å². The van der Waals surface area contributed by atoms with Gasteiger partial charge in [-0.25, -0.2) is 0 Å². The second-order valence-corrected chi connectivity index (χ2v) is 6.97. The van der Waals surface area contributed by atoms with Gasteiger partial charge in [-0.3, -0.25) is 9.78 Å². The third-order valence-electron chi connectivity index (χ3n) is 4.78. The van der Waals surface area contributed by atoms with Gasteiger partial charge in [0, 0.05) is 17.8 Å². The summed E-state index contributed by atoms with van der Waals surface area (Å²) in [6, 6.07) is 11.3. The lowest BCUT2D eigenvalue weighted by atomic mass is 9.95. The summed E-state index contributed by atoms with van der Waals surface area (Å²) >= 11 is 0. The van der Waals surface area contributed by atoms with Crippen LogP contribution in [0.2, 0.25) is 0 Å². The minimum Gasteiger partial charge on any atom is -0.487 e. The van der Waals surface area contributed by atoms with Crippen molar-refractivity contribution < 1.29 is 9.53 Å². The molecular formula is C20H27Cl2N3O2. The Morgan fingerprint density at radius 1 is 1.30 bits per heavy atom. The lowest BCUT2D eigenvalue weighted by Gasteiger charge is -2.29. The van der Waals surface area contributed by atoms with Gasteiger partial charge in [0.15, 0.2) is 0 Å². The average molecular weight is 412 g/mol. The van der Waals surface area contributed by atoms with Crippen molar-refractivity contribution in [2.45, 2.75) is 38.8 Å². The van der Waals surface area contributed by atoms with Crippen LogP contribution in [0.1, 0.15) is 41.4 Å². The number of nitrogens with one attached hydrogen (secondary N) is 1. The third kappa shape index (κ3) is 6.09. The molecule has 1 fully saturated rings. The number of carbonyl (C=O) groups excluding carboxylic acids is 1. The smallest absolute Gasteiger partial charge is 0.251 e. The predicted octanol–water partition coefficient (Wildman–Crippen LogP) is 3.67. The van der Waals surface area contributed by atoms with Crippen LogP contribution in [0, 0.1) is 12.8 Å². The molecule has 1 heterocycles. The maximum Gasteiger partial charge on any atom is 0.251 e. The molecule has 1 aliphatic carbocycles. The van der Waals surface area contributed by atoms with E-state index in [1.54, 1.807) is 6.20 Å². The maximum atomic E-state index is 12.6. The Balaban J connectivity index is 0.00000182. The van der Waals surface area contributed by atoms with Crippen molar-refractivity contribution in [1.82, 2.24) is 10.3 Å². The van der Waals surface area contributed by atoms with Crippen LogP contribution >= 0.6 is 24.8 Å². The number of pyridine rings is 1. The van der Waals surface area contributed by atoms with Crippen LogP contribution < -0.4 is 15.8 Å². The molecule has 1 amide bonds. The highest BCUT2D eigenvalue weighted by Gasteiger charge is 2.41. The fourth-order valence-electron chi connectivity index (χ4n) is 2.88. The largest absolute Gasteiger partial charge is 0.487 e. The number of carbonyl (C=O) groups is 1. The van der Waals surface area contributed by atoms with Gasteiger partial charge in [-0.1, -0.05) is 12.1 Å². The summed E-state index contributed by atoms with van der Waals surface area (Å²) in [6.07, 6.45) is 3.97. The first-order valence-corrected chi connectivity index (χ1v) is 8.67. The van der Waals surface area contributed by atoms with Gasteiger partial charge in [0.1, 0.15) is 12.4 Å². The number of halogens is 2. The van der Waals surface area contributed by atoms with E-state index in [-0.39, 0.29) is 36.3 Å². The summed E-state index contributed by atoms with van der Waals surface area (Å²) < 4.78 is 5.74. The molecule has 1 saturated carbocycles. The van der Waals surface area contributed by atoms with E-state index in [9.17, 15) is 4.79 Å². The SMILES string of the molecule is Cc1ccc(OCc2cccc(C(=O)NC(C)(CN)C3CC3)c2)cn1.Cl.Cl. The van der Waals surface area contributed by atoms with Crippen molar-refractivity contribution in [3.63, 3.8) is 0 Å². The lowest BCUT2D eigenvalue weighted by molar-refractivity contribution is 0.0897. The molecule has 0 saturated heterocycles. The third-order valence-corrected chi connectivity index (χ3v) is 4.78. The van der Waals surface area contributed by atoms with E-state index in [4.69, 9.17) is 10.5 Å². The zero-order chi connectivity index (χ0) is 17.9. The van der Waals surface area contributed by atoms with Gasteiger partial charge >= 0.3 is 0 Å². The molecule has 2 aromatic rings. The Bertz CT molecular complexity index is 751. The van der Waals surface area contributed by atoms with Gasteiger partial charge in [0.25, 0.3) is 5.91 Å². The minimum absolute atomic E-state index is 0. The normalized spacial score (nSPS) is 14.9. The molecule has 0 aliphatic heterocycles. The summed E-state index contributed by atoms with van der Waals surface area (Å²) in [5.74, 6) is 1.12. The molecular weight excluding hydrogens is 385 g/mol. The highest BCUT2D eigenvalue weighted by Crippen LogP contribution is 2.39. The van der Waals surface area contributed by atoms with Crippen molar-refractivity contribution in [1.29, 1.82) is 0 Å². The maximum absolute atomic E-state index is 12.6. The van der Waals surface area contributed by atoms with Crippen LogP contribution in [0.25, 0.3) is 0 Å². The summed E-state index contributed by atoms with van der Waals surface area (Å²) in [7, 11) is 0. The Kier molecular flexibility index (Phi) is 8.54. The molecule has 27 heavy (non-hydrogen) atoms. The molecule has 7 heteroatoms. The first-order valence-electron chi connectivity index (χ1n) is 8.67. The summed E-state index contributed by atoms with van der Waals surface area (Å²) in [5, 5.41) is 3.11. The van der Waals surface area contributed by atoms with Crippen LogP contribution in [-0.2, 0) is 6.61 Å². The van der Waals surface area contributed by atoms with Gasteiger partial charge in [-0.2, -0.15) is 0 Å². The van der Waals surface area contributed by atoms with E-state index >= 15 is 0 Å². The molecule has 1 aliphatic rings. The van der Waals surface area contributed by atoms with E-state index in [0.29, 0.717) is 30.4 Å². The first-order chi connectivity index (χ1) is 12.0. The molecule has 0 spiro atoms. The summed E-state index contributed by atoms with van der Waals surface area (Å²) in [4.78, 5) is 16.8. The molecule has 1 aromatic carbocycles. The second-order valence-electron chi connectivity index (χ2n) is 6.97. The number of nitrogens with zero attached hydrogens (tertiary/aromatic N) is 1. The van der Waals surface area contributed by atoms with Crippen LogP contribution in [0.3, 0.4) is 0 Å². The van der Waals surface area contributed by atoms with Gasteiger partial charge in [-0.05, 0) is 62.4 Å². The fourth-order valence-corrected chi connectivity index (χ4v) is 2.88. The van der Waals surface area contributed by atoms with Crippen molar-refractivity contribution in [2.75, 3.05) is 6.54 Å². The molecule has 3 rings (SSSR count). The molecule has 5 nitrogen and oxygen atoms in total. The van der Waals surface area contributed by atoms with Crippen molar-refractivity contribution in [3.8, 4) is 5.75 Å². The number of aromatic nitrogens is 1. The minimum atomic E-state index is -0.322. The van der Waals surface area contributed by atoms with Gasteiger partial charge < -0.3 is 15.8 Å². The number of rotatable bonds is 7. The van der Waals surface area contributed by atoms with Gasteiger partial charge in [-0.15, -0.1) is 24.8 Å². The van der Waals surface area contributed by atoms with E-state index in [1.807, 2.05) is 50.2 Å². The van der Waals surface area contributed by atoms with Crippen molar-refractivity contribution >= 4 is 30.7 Å². The number of ether oxygens (including phenoxy) is 1. The van der Waals surface area contributed by atoms with E-state index < -0.39 is 0 Å². The Labute approximate surface area is 172 Å². The van der Waals surface area contributed by atoms with Gasteiger partial charge in [0.2, 0.25) is 0 Å². The highest BCUT2D eigenvalue weighted by molar-refractivity contribution is 5.94. The quantitative estimate of drug-likeness (QED) is 0.728. The zero-order valence-corrected chi connectivity index (χ0v) is 17.2. The number of aryl methyl sites for hydroxylation is 1. The van der Waals surface area contributed by atoms with E-state index in [1.165, 1.54) is 0 Å². The zero-order valence-electron chi connectivity index (χ0n) is 15.6. The molecule has 3 N–H and O–H groups in total. The molecule has 148 valence electrons. The van der Waals surface area contributed by atoms with Crippen LogP contribution in [-0.4, -0.2) is 23.0 Å². The topological polar surface area (TPSA) is 77.2 Å². The number of hydrogen-bond acceptors (Lipinski definition) is 4. The number of benzene rings is 1. The first kappa shape index (κ1) is 23.2. The fraction of sp³-hybridized carbons (Fsp3) is 0.400. The monoisotopic (exact) mass is 411 g/mol. The van der Waals surface area contributed by atoms with Crippen LogP contribution in [0.5, 0.6) is 5.75 Å². The average Bonchev–Trinajstić information content (AvgIpc) is 3.47. The van der Waals surface area contributed by atoms with Crippen LogP contribution in [0.15, 0.2) is 42.6 Å². The number of nitrogens with two attached hydrogens (primary N) is 1. The Morgan fingerprint density at radius 2 is 2.04 bits per heavy atom. The van der Waals surface area contributed by atoms with E-state index in [2.05, 4.69) is 10.3 Å². The Morgan fingerprint density at radius 3 is 2.63 bits per heavy atom. The number of hydrogen-bond donors (Lipinski definition) is 2. The van der Waals surface area contributed by atoms with Crippen LogP contribution in [0.4, 0.5) is 0 Å².